The van der Waals surface area contributed by atoms with Crippen molar-refractivity contribution in [2.75, 3.05) is 17.7 Å². The monoisotopic (exact) mass is 484 g/mol. The van der Waals surface area contributed by atoms with Gasteiger partial charge in [0.15, 0.2) is 0 Å². The molecule has 0 unspecified atom stereocenters. The predicted octanol–water partition coefficient (Wildman–Crippen LogP) is 3.46. The second kappa shape index (κ2) is 7.67. The number of hydrogen-bond donors (Lipinski definition) is 2. The molecular weight excluding hydrogens is 464 g/mol. The fourth-order valence-electron chi connectivity index (χ4n) is 5.24. The molecule has 1 aliphatic heterocycles. The SMILES string of the molecule is COc1cccc(NC(=O)c2ccccc2NC(=O)[C@@H]2[C@H]3C[C@H]4[C@H](OC(=O)[C@@H]42)[C@@H]3Br)c1. The molecule has 31 heavy (non-hydrogen) atoms. The number of para-hydroxylation sites is 1. The Bertz CT molecular complexity index is 1070. The molecular formula is C23H21BrN2O5. The molecule has 2 aromatic rings. The first-order valence-electron chi connectivity index (χ1n) is 10.2. The molecule has 2 amide bonds. The second-order valence-corrected chi connectivity index (χ2v) is 9.24. The number of ether oxygens (including phenoxy) is 2. The highest BCUT2D eigenvalue weighted by atomic mass is 79.9. The highest BCUT2D eigenvalue weighted by molar-refractivity contribution is 9.09. The minimum Gasteiger partial charge on any atom is -0.497 e. The van der Waals surface area contributed by atoms with Gasteiger partial charge < -0.3 is 20.1 Å². The Balaban J connectivity index is 1.35. The molecule has 3 fully saturated rings. The van der Waals surface area contributed by atoms with E-state index in [1.807, 2.05) is 0 Å². The number of hydrogen-bond acceptors (Lipinski definition) is 5. The van der Waals surface area contributed by atoms with E-state index in [4.69, 9.17) is 9.47 Å². The molecule has 2 saturated carbocycles. The van der Waals surface area contributed by atoms with Gasteiger partial charge in [-0.15, -0.1) is 0 Å². The van der Waals surface area contributed by atoms with Gasteiger partial charge in [0.05, 0.1) is 35.0 Å². The summed E-state index contributed by atoms with van der Waals surface area (Å²) in [4.78, 5) is 38.5. The lowest BCUT2D eigenvalue weighted by Crippen LogP contribution is -2.40. The highest BCUT2D eigenvalue weighted by Crippen LogP contribution is 2.60. The van der Waals surface area contributed by atoms with Crippen LogP contribution in [0.5, 0.6) is 5.75 Å². The van der Waals surface area contributed by atoms with Gasteiger partial charge in [-0.3, -0.25) is 14.4 Å². The molecule has 2 N–H and O–H groups in total. The summed E-state index contributed by atoms with van der Waals surface area (Å²) in [5, 5.41) is 5.73. The minimum absolute atomic E-state index is 0.0115. The predicted molar refractivity (Wildman–Crippen MR) is 117 cm³/mol. The van der Waals surface area contributed by atoms with Crippen molar-refractivity contribution >= 4 is 45.1 Å². The number of esters is 1. The fourth-order valence-corrected chi connectivity index (χ4v) is 6.28. The van der Waals surface area contributed by atoms with Crippen LogP contribution in [0.15, 0.2) is 48.5 Å². The Morgan fingerprint density at radius 1 is 1.10 bits per heavy atom. The van der Waals surface area contributed by atoms with Gasteiger partial charge in [0.1, 0.15) is 11.9 Å². The molecule has 2 bridgehead atoms. The number of halogens is 1. The number of amides is 2. The number of carbonyl (C=O) groups is 3. The van der Waals surface area contributed by atoms with Gasteiger partial charge in [-0.2, -0.15) is 0 Å². The maximum atomic E-state index is 13.2. The summed E-state index contributed by atoms with van der Waals surface area (Å²) in [6.07, 6.45) is 0.667. The van der Waals surface area contributed by atoms with Crippen LogP contribution in [-0.2, 0) is 14.3 Å². The summed E-state index contributed by atoms with van der Waals surface area (Å²) < 4.78 is 10.7. The van der Waals surface area contributed by atoms with Crippen LogP contribution in [0.25, 0.3) is 0 Å². The van der Waals surface area contributed by atoms with Crippen molar-refractivity contribution in [3.63, 3.8) is 0 Å². The minimum atomic E-state index is -0.463. The first-order valence-corrected chi connectivity index (χ1v) is 11.1. The molecule has 0 radical (unpaired) electrons. The van der Waals surface area contributed by atoms with Crippen molar-refractivity contribution in [3.05, 3.63) is 54.1 Å². The van der Waals surface area contributed by atoms with Crippen LogP contribution in [0, 0.1) is 23.7 Å². The van der Waals surface area contributed by atoms with Crippen molar-refractivity contribution in [1.29, 1.82) is 0 Å². The number of anilines is 2. The molecule has 160 valence electrons. The summed E-state index contributed by atoms with van der Waals surface area (Å²) in [5.74, 6) is -0.993. The zero-order chi connectivity index (χ0) is 21.7. The molecule has 6 atom stereocenters. The molecule has 2 aromatic carbocycles. The molecule has 0 spiro atoms. The van der Waals surface area contributed by atoms with Crippen molar-refractivity contribution in [1.82, 2.24) is 0 Å². The lowest BCUT2D eigenvalue weighted by atomic mass is 9.79. The van der Waals surface area contributed by atoms with Gasteiger partial charge in [0.2, 0.25) is 5.91 Å². The van der Waals surface area contributed by atoms with E-state index in [-0.39, 0.29) is 40.6 Å². The Hall–Kier alpha value is -2.87. The van der Waals surface area contributed by atoms with E-state index in [2.05, 4.69) is 26.6 Å². The quantitative estimate of drug-likeness (QED) is 0.500. The third-order valence-electron chi connectivity index (χ3n) is 6.58. The normalized spacial score (nSPS) is 30.1. The van der Waals surface area contributed by atoms with Crippen molar-refractivity contribution in [2.45, 2.75) is 17.4 Å². The average molecular weight is 485 g/mol. The first kappa shape index (κ1) is 20.1. The summed E-state index contributed by atoms with van der Waals surface area (Å²) in [6.45, 7) is 0. The number of methoxy groups -OCH3 is 1. The van der Waals surface area contributed by atoms with Crippen LogP contribution < -0.4 is 15.4 Å². The summed E-state index contributed by atoms with van der Waals surface area (Å²) in [5.41, 5.74) is 1.33. The molecule has 3 aliphatic rings. The molecule has 8 heteroatoms. The Morgan fingerprint density at radius 3 is 2.71 bits per heavy atom. The number of alkyl halides is 1. The maximum Gasteiger partial charge on any atom is 0.310 e. The second-order valence-electron chi connectivity index (χ2n) is 8.18. The Morgan fingerprint density at radius 2 is 1.90 bits per heavy atom. The van der Waals surface area contributed by atoms with E-state index in [1.165, 1.54) is 0 Å². The van der Waals surface area contributed by atoms with Gasteiger partial charge >= 0.3 is 5.97 Å². The van der Waals surface area contributed by atoms with Crippen molar-refractivity contribution < 1.29 is 23.9 Å². The largest absolute Gasteiger partial charge is 0.497 e. The van der Waals surface area contributed by atoms with Gasteiger partial charge in [-0.05, 0) is 36.6 Å². The average Bonchev–Trinajstić information content (AvgIpc) is 3.38. The Labute approximate surface area is 187 Å². The number of nitrogens with one attached hydrogen (secondary N) is 2. The van der Waals surface area contributed by atoms with E-state index in [9.17, 15) is 14.4 Å². The number of carbonyl (C=O) groups excluding carboxylic acids is 3. The van der Waals surface area contributed by atoms with Crippen LogP contribution in [0.1, 0.15) is 16.8 Å². The van der Waals surface area contributed by atoms with Crippen LogP contribution in [0.4, 0.5) is 11.4 Å². The zero-order valence-corrected chi connectivity index (χ0v) is 18.3. The standard InChI is InChI=1S/C23H21BrN2O5/c1-30-12-6-4-5-11(9-12)25-21(27)13-7-2-3-8-16(13)26-22(28)17-14-10-15-18(17)23(29)31-20(15)19(14)24/h2-9,14-15,17-20H,10H2,1H3,(H,25,27)(H,26,28)/t14-,15-,17-,18+,19-,20+/m1/s1. The molecule has 1 heterocycles. The molecule has 7 nitrogen and oxygen atoms in total. The topological polar surface area (TPSA) is 93.7 Å². The van der Waals surface area contributed by atoms with Crippen LogP contribution in [-0.4, -0.2) is 35.8 Å². The number of benzene rings is 2. The van der Waals surface area contributed by atoms with E-state index >= 15 is 0 Å². The van der Waals surface area contributed by atoms with Gasteiger partial charge in [-0.1, -0.05) is 34.1 Å². The smallest absolute Gasteiger partial charge is 0.310 e. The van der Waals surface area contributed by atoms with E-state index in [0.717, 1.165) is 6.42 Å². The van der Waals surface area contributed by atoms with Gasteiger partial charge in [0.25, 0.3) is 5.91 Å². The van der Waals surface area contributed by atoms with Crippen LogP contribution in [0.3, 0.4) is 0 Å². The summed E-state index contributed by atoms with van der Waals surface area (Å²) in [6, 6.07) is 13.9. The lowest BCUT2D eigenvalue weighted by molar-refractivity contribution is -0.145. The highest BCUT2D eigenvalue weighted by Gasteiger charge is 2.67. The molecule has 1 saturated heterocycles. The Kier molecular flexibility index (Phi) is 4.97. The zero-order valence-electron chi connectivity index (χ0n) is 16.7. The summed E-state index contributed by atoms with van der Waals surface area (Å²) in [7, 11) is 1.56. The van der Waals surface area contributed by atoms with Crippen molar-refractivity contribution in [3.8, 4) is 5.75 Å². The van der Waals surface area contributed by atoms with Gasteiger partial charge in [-0.25, -0.2) is 0 Å². The van der Waals surface area contributed by atoms with Gasteiger partial charge in [0, 0.05) is 17.7 Å². The van der Waals surface area contributed by atoms with E-state index in [1.54, 1.807) is 55.6 Å². The van der Waals surface area contributed by atoms with Crippen LogP contribution in [0.2, 0.25) is 0 Å². The number of fused-ring (bicyclic) bond motifs is 1. The van der Waals surface area contributed by atoms with E-state index < -0.39 is 11.8 Å². The summed E-state index contributed by atoms with van der Waals surface area (Å²) >= 11 is 3.63. The lowest BCUT2D eigenvalue weighted by Gasteiger charge is -2.27. The third-order valence-corrected chi connectivity index (χ3v) is 7.78. The first-order chi connectivity index (χ1) is 15.0. The molecule has 2 aliphatic carbocycles. The maximum absolute atomic E-state index is 13.2. The fraction of sp³-hybridized carbons (Fsp3) is 0.348. The van der Waals surface area contributed by atoms with Crippen molar-refractivity contribution in [2.24, 2.45) is 23.7 Å². The molecule has 0 aromatic heterocycles. The van der Waals surface area contributed by atoms with E-state index in [0.29, 0.717) is 22.7 Å². The van der Waals surface area contributed by atoms with Crippen LogP contribution >= 0.6 is 15.9 Å². The number of rotatable bonds is 5. The molecule has 5 rings (SSSR count). The third kappa shape index (κ3) is 3.29.